The topological polar surface area (TPSA) is 3.24 Å². The van der Waals surface area contributed by atoms with E-state index in [2.05, 4.69) is 18.7 Å². The minimum absolute atomic E-state index is 0.731. The molecule has 1 heterocycles. The monoisotopic (exact) mass is 285 g/mol. The van der Waals surface area contributed by atoms with E-state index in [1.54, 1.807) is 6.07 Å². The summed E-state index contributed by atoms with van der Waals surface area (Å²) in [6.07, 6.45) is 2.67. The standard InChI is InChI=1S/C15H21Cl2N/c1-11(2)13-4-3-5-18(10-13)9-12-6-14(16)8-15(17)7-12/h6-8,11,13H,3-5,9-10H2,1-2H3/t13-/m0/s1. The van der Waals surface area contributed by atoms with Gasteiger partial charge in [-0.15, -0.1) is 0 Å². The third kappa shape index (κ3) is 3.88. The van der Waals surface area contributed by atoms with Gasteiger partial charge in [-0.25, -0.2) is 0 Å². The van der Waals surface area contributed by atoms with Crippen molar-refractivity contribution in [3.8, 4) is 0 Å². The van der Waals surface area contributed by atoms with Crippen LogP contribution in [0.15, 0.2) is 18.2 Å². The van der Waals surface area contributed by atoms with Crippen LogP contribution in [0, 0.1) is 11.8 Å². The Morgan fingerprint density at radius 2 is 1.89 bits per heavy atom. The predicted octanol–water partition coefficient (Wildman–Crippen LogP) is 4.86. The van der Waals surface area contributed by atoms with Crippen LogP contribution in [0.2, 0.25) is 10.0 Å². The van der Waals surface area contributed by atoms with Gasteiger partial charge in [0.15, 0.2) is 0 Å². The first-order valence-electron chi connectivity index (χ1n) is 6.72. The highest BCUT2D eigenvalue weighted by Crippen LogP contribution is 2.26. The van der Waals surface area contributed by atoms with Gasteiger partial charge in [0.2, 0.25) is 0 Å². The number of halogens is 2. The fourth-order valence-electron chi connectivity index (χ4n) is 2.74. The number of hydrogen-bond acceptors (Lipinski definition) is 1. The van der Waals surface area contributed by atoms with Gasteiger partial charge >= 0.3 is 0 Å². The summed E-state index contributed by atoms with van der Waals surface area (Å²) in [7, 11) is 0. The summed E-state index contributed by atoms with van der Waals surface area (Å²) in [6, 6.07) is 5.83. The van der Waals surface area contributed by atoms with Gasteiger partial charge in [-0.2, -0.15) is 0 Å². The van der Waals surface area contributed by atoms with Crippen molar-refractivity contribution >= 4 is 23.2 Å². The minimum Gasteiger partial charge on any atom is -0.299 e. The van der Waals surface area contributed by atoms with Crippen molar-refractivity contribution in [1.82, 2.24) is 4.90 Å². The average molecular weight is 286 g/mol. The molecule has 0 spiro atoms. The molecule has 1 aromatic rings. The minimum atomic E-state index is 0.731. The molecule has 1 nitrogen and oxygen atoms in total. The zero-order valence-corrected chi connectivity index (χ0v) is 12.6. The predicted molar refractivity (Wildman–Crippen MR) is 79.3 cm³/mol. The van der Waals surface area contributed by atoms with Gasteiger partial charge in [-0.05, 0) is 55.0 Å². The van der Waals surface area contributed by atoms with Crippen LogP contribution < -0.4 is 0 Å². The molecule has 0 aromatic heterocycles. The van der Waals surface area contributed by atoms with E-state index < -0.39 is 0 Å². The molecule has 0 unspecified atom stereocenters. The third-order valence-electron chi connectivity index (χ3n) is 3.81. The number of nitrogens with zero attached hydrogens (tertiary/aromatic N) is 1. The fourth-order valence-corrected chi connectivity index (χ4v) is 3.31. The molecule has 0 aliphatic carbocycles. The number of hydrogen-bond donors (Lipinski definition) is 0. The Morgan fingerprint density at radius 3 is 2.50 bits per heavy atom. The van der Waals surface area contributed by atoms with Crippen LogP contribution in [0.4, 0.5) is 0 Å². The molecular weight excluding hydrogens is 265 g/mol. The molecule has 0 amide bonds. The van der Waals surface area contributed by atoms with E-state index in [0.717, 1.165) is 28.4 Å². The lowest BCUT2D eigenvalue weighted by Gasteiger charge is -2.34. The van der Waals surface area contributed by atoms with Gasteiger partial charge < -0.3 is 0 Å². The molecule has 1 saturated heterocycles. The largest absolute Gasteiger partial charge is 0.299 e. The smallest absolute Gasteiger partial charge is 0.0424 e. The molecule has 0 radical (unpaired) electrons. The van der Waals surface area contributed by atoms with Crippen molar-refractivity contribution in [3.05, 3.63) is 33.8 Å². The Bertz CT molecular complexity index is 383. The van der Waals surface area contributed by atoms with Crippen LogP contribution in [-0.2, 0) is 6.54 Å². The van der Waals surface area contributed by atoms with Gasteiger partial charge in [-0.1, -0.05) is 37.0 Å². The molecule has 1 atom stereocenters. The highest BCUT2D eigenvalue weighted by molar-refractivity contribution is 6.34. The molecule has 1 aliphatic heterocycles. The van der Waals surface area contributed by atoms with E-state index in [9.17, 15) is 0 Å². The van der Waals surface area contributed by atoms with E-state index >= 15 is 0 Å². The normalized spacial score (nSPS) is 21.5. The number of benzene rings is 1. The second-order valence-electron chi connectivity index (χ2n) is 5.66. The quantitative estimate of drug-likeness (QED) is 0.767. The Morgan fingerprint density at radius 1 is 1.22 bits per heavy atom. The lowest BCUT2D eigenvalue weighted by molar-refractivity contribution is 0.139. The molecule has 2 rings (SSSR count). The van der Waals surface area contributed by atoms with Crippen molar-refractivity contribution in [2.75, 3.05) is 13.1 Å². The number of piperidine rings is 1. The van der Waals surface area contributed by atoms with Crippen molar-refractivity contribution in [2.24, 2.45) is 11.8 Å². The Hall–Kier alpha value is -0.240. The molecule has 0 bridgehead atoms. The summed E-state index contributed by atoms with van der Waals surface area (Å²) in [5.41, 5.74) is 1.22. The SMILES string of the molecule is CC(C)[C@H]1CCCN(Cc2cc(Cl)cc(Cl)c2)C1. The third-order valence-corrected chi connectivity index (χ3v) is 4.25. The zero-order valence-electron chi connectivity index (χ0n) is 11.1. The van der Waals surface area contributed by atoms with Crippen molar-refractivity contribution in [2.45, 2.75) is 33.2 Å². The first-order valence-corrected chi connectivity index (χ1v) is 7.47. The van der Waals surface area contributed by atoms with Gasteiger partial charge in [0.1, 0.15) is 0 Å². The molecule has 1 aliphatic rings. The van der Waals surface area contributed by atoms with E-state index in [0.29, 0.717) is 0 Å². The maximum Gasteiger partial charge on any atom is 0.0424 e. The molecule has 18 heavy (non-hydrogen) atoms. The van der Waals surface area contributed by atoms with Gasteiger partial charge in [-0.3, -0.25) is 4.90 Å². The second-order valence-corrected chi connectivity index (χ2v) is 6.53. The summed E-state index contributed by atoms with van der Waals surface area (Å²) < 4.78 is 0. The van der Waals surface area contributed by atoms with E-state index in [-0.39, 0.29) is 0 Å². The highest BCUT2D eigenvalue weighted by Gasteiger charge is 2.22. The molecular formula is C15H21Cl2N. The average Bonchev–Trinajstić information content (AvgIpc) is 2.27. The van der Waals surface area contributed by atoms with Crippen LogP contribution in [-0.4, -0.2) is 18.0 Å². The van der Waals surface area contributed by atoms with Gasteiger partial charge in [0, 0.05) is 23.1 Å². The van der Waals surface area contributed by atoms with Crippen LogP contribution in [0.5, 0.6) is 0 Å². The molecule has 3 heteroatoms. The van der Waals surface area contributed by atoms with E-state index in [4.69, 9.17) is 23.2 Å². The van der Waals surface area contributed by atoms with Crippen molar-refractivity contribution < 1.29 is 0 Å². The summed E-state index contributed by atoms with van der Waals surface area (Å²) >= 11 is 12.1. The van der Waals surface area contributed by atoms with Crippen LogP contribution in [0.25, 0.3) is 0 Å². The van der Waals surface area contributed by atoms with Gasteiger partial charge in [0.05, 0.1) is 0 Å². The Labute approximate surface area is 120 Å². The fraction of sp³-hybridized carbons (Fsp3) is 0.600. The van der Waals surface area contributed by atoms with Crippen LogP contribution in [0.3, 0.4) is 0 Å². The molecule has 100 valence electrons. The number of rotatable bonds is 3. The summed E-state index contributed by atoms with van der Waals surface area (Å²) in [4.78, 5) is 2.52. The zero-order chi connectivity index (χ0) is 13.1. The first kappa shape index (κ1) is 14.2. The van der Waals surface area contributed by atoms with E-state index in [1.807, 2.05) is 12.1 Å². The van der Waals surface area contributed by atoms with Crippen molar-refractivity contribution in [3.63, 3.8) is 0 Å². The number of likely N-dealkylation sites (tertiary alicyclic amines) is 1. The lowest BCUT2D eigenvalue weighted by atomic mass is 9.88. The highest BCUT2D eigenvalue weighted by atomic mass is 35.5. The van der Waals surface area contributed by atoms with E-state index in [1.165, 1.54) is 31.5 Å². The molecule has 0 N–H and O–H groups in total. The maximum atomic E-state index is 6.04. The lowest BCUT2D eigenvalue weighted by Crippen LogP contribution is -2.36. The van der Waals surface area contributed by atoms with Crippen molar-refractivity contribution in [1.29, 1.82) is 0 Å². The second kappa shape index (κ2) is 6.27. The van der Waals surface area contributed by atoms with Crippen LogP contribution >= 0.6 is 23.2 Å². The molecule has 1 aromatic carbocycles. The first-order chi connectivity index (χ1) is 8.54. The van der Waals surface area contributed by atoms with Gasteiger partial charge in [0.25, 0.3) is 0 Å². The Kier molecular flexibility index (Phi) is 4.94. The molecule has 0 saturated carbocycles. The Balaban J connectivity index is 2.00. The van der Waals surface area contributed by atoms with Crippen LogP contribution in [0.1, 0.15) is 32.3 Å². The maximum absolute atomic E-state index is 6.04. The summed E-state index contributed by atoms with van der Waals surface area (Å²) in [5.74, 6) is 1.60. The summed E-state index contributed by atoms with van der Waals surface area (Å²) in [6.45, 7) is 7.99. The summed E-state index contributed by atoms with van der Waals surface area (Å²) in [5, 5.41) is 1.46. The molecule has 1 fully saturated rings.